The molecule has 0 aliphatic rings. The normalized spacial score (nSPS) is 12.5. The van der Waals surface area contributed by atoms with Gasteiger partial charge in [-0.25, -0.2) is 0 Å². The Kier molecular flexibility index (Phi) is 3.33. The molecule has 0 saturated heterocycles. The van der Waals surface area contributed by atoms with E-state index in [1.807, 2.05) is 0 Å². The molecule has 0 aromatic heterocycles. The molecule has 14 heavy (non-hydrogen) atoms. The summed E-state index contributed by atoms with van der Waals surface area (Å²) in [5, 5.41) is 0. The molecule has 1 aromatic rings. The van der Waals surface area contributed by atoms with Gasteiger partial charge >= 0.3 is 0 Å². The van der Waals surface area contributed by atoms with Gasteiger partial charge in [0.15, 0.2) is 0 Å². The maximum Gasteiger partial charge on any atom is 0.0404 e. The van der Waals surface area contributed by atoms with E-state index in [4.69, 9.17) is 0 Å². The fourth-order valence-electron chi connectivity index (χ4n) is 1.70. The van der Waals surface area contributed by atoms with E-state index in [-0.39, 0.29) is 5.54 Å². The fourth-order valence-corrected chi connectivity index (χ4v) is 1.70. The lowest BCUT2D eigenvalue weighted by molar-refractivity contribution is 0.118. The molecule has 1 heteroatoms. The first-order valence-corrected chi connectivity index (χ1v) is 5.24. The summed E-state index contributed by atoms with van der Waals surface area (Å²) in [5.41, 5.74) is 1.48. The molecule has 0 amide bonds. The van der Waals surface area contributed by atoms with Crippen LogP contribution in [0.4, 0.5) is 0 Å². The number of hydrogen-bond acceptors (Lipinski definition) is 1. The number of benzene rings is 1. The molecule has 1 rings (SSSR count). The van der Waals surface area contributed by atoms with Crippen LogP contribution in [0.15, 0.2) is 30.3 Å². The van der Waals surface area contributed by atoms with E-state index < -0.39 is 0 Å². The van der Waals surface area contributed by atoms with Crippen molar-refractivity contribution in [3.05, 3.63) is 35.9 Å². The zero-order valence-corrected chi connectivity index (χ0v) is 9.91. The van der Waals surface area contributed by atoms with Gasteiger partial charge in [0.25, 0.3) is 0 Å². The van der Waals surface area contributed by atoms with Crippen molar-refractivity contribution in [2.24, 2.45) is 0 Å². The van der Waals surface area contributed by atoms with Crippen molar-refractivity contribution in [2.75, 3.05) is 7.05 Å². The Morgan fingerprint density at radius 1 is 1.07 bits per heavy atom. The molecule has 0 N–H and O–H groups in total. The summed E-state index contributed by atoms with van der Waals surface area (Å²) in [4.78, 5) is 2.39. The van der Waals surface area contributed by atoms with Gasteiger partial charge in [0.1, 0.15) is 0 Å². The lowest BCUT2D eigenvalue weighted by Crippen LogP contribution is -2.42. The van der Waals surface area contributed by atoms with Gasteiger partial charge in [0.05, 0.1) is 0 Å². The van der Waals surface area contributed by atoms with Crippen molar-refractivity contribution < 1.29 is 0 Å². The second-order valence-corrected chi connectivity index (χ2v) is 4.63. The summed E-state index contributed by atoms with van der Waals surface area (Å²) >= 11 is 0. The third-order valence-corrected chi connectivity index (χ3v) is 3.14. The maximum absolute atomic E-state index is 2.39. The molecule has 0 unspecified atom stereocenters. The minimum atomic E-state index is 0.107. The van der Waals surface area contributed by atoms with Crippen LogP contribution in [0.2, 0.25) is 0 Å². The van der Waals surface area contributed by atoms with E-state index in [0.29, 0.717) is 6.04 Å². The van der Waals surface area contributed by atoms with Gasteiger partial charge in [-0.3, -0.25) is 4.90 Å². The van der Waals surface area contributed by atoms with Crippen LogP contribution in [-0.2, 0) is 5.54 Å². The Balaban J connectivity index is 2.96. The average Bonchev–Trinajstić information content (AvgIpc) is 2.18. The Morgan fingerprint density at radius 3 is 2.00 bits per heavy atom. The summed E-state index contributed by atoms with van der Waals surface area (Å²) in [6.07, 6.45) is 0. The third-order valence-electron chi connectivity index (χ3n) is 3.14. The minimum absolute atomic E-state index is 0.107. The number of hydrogen-bond donors (Lipinski definition) is 0. The minimum Gasteiger partial charge on any atom is -0.295 e. The van der Waals surface area contributed by atoms with Gasteiger partial charge in [-0.05, 0) is 40.3 Å². The molecule has 0 fully saturated rings. The Labute approximate surface area is 87.7 Å². The second-order valence-electron chi connectivity index (χ2n) is 4.63. The van der Waals surface area contributed by atoms with Crippen molar-refractivity contribution in [1.82, 2.24) is 4.90 Å². The van der Waals surface area contributed by atoms with Gasteiger partial charge < -0.3 is 0 Å². The molecular weight excluding hydrogens is 170 g/mol. The van der Waals surface area contributed by atoms with E-state index in [0.717, 1.165) is 0 Å². The third kappa shape index (κ3) is 2.16. The van der Waals surface area contributed by atoms with Gasteiger partial charge in [-0.15, -0.1) is 0 Å². The molecule has 0 radical (unpaired) electrons. The van der Waals surface area contributed by atoms with Crippen molar-refractivity contribution in [1.29, 1.82) is 0 Å². The smallest absolute Gasteiger partial charge is 0.0404 e. The quantitative estimate of drug-likeness (QED) is 0.709. The van der Waals surface area contributed by atoms with Crippen LogP contribution in [0.3, 0.4) is 0 Å². The van der Waals surface area contributed by atoms with Crippen molar-refractivity contribution >= 4 is 0 Å². The first-order valence-electron chi connectivity index (χ1n) is 5.24. The van der Waals surface area contributed by atoms with Crippen molar-refractivity contribution in [3.63, 3.8) is 0 Å². The van der Waals surface area contributed by atoms with Gasteiger partial charge in [0.2, 0.25) is 0 Å². The number of nitrogens with zero attached hydrogens (tertiary/aromatic N) is 1. The largest absolute Gasteiger partial charge is 0.295 e. The summed E-state index contributed by atoms with van der Waals surface area (Å²) in [7, 11) is 2.18. The molecule has 0 bridgehead atoms. The van der Waals surface area contributed by atoms with Crippen LogP contribution in [0, 0.1) is 0 Å². The van der Waals surface area contributed by atoms with Crippen molar-refractivity contribution in [2.45, 2.75) is 39.3 Å². The van der Waals surface area contributed by atoms with Crippen LogP contribution in [0.1, 0.15) is 33.3 Å². The second kappa shape index (κ2) is 4.14. The zero-order chi connectivity index (χ0) is 10.8. The highest BCUT2D eigenvalue weighted by Gasteiger charge is 2.26. The highest BCUT2D eigenvalue weighted by atomic mass is 15.2. The zero-order valence-electron chi connectivity index (χ0n) is 9.91. The molecular formula is C13H21N. The molecule has 0 aliphatic carbocycles. The monoisotopic (exact) mass is 191 g/mol. The summed E-state index contributed by atoms with van der Waals surface area (Å²) < 4.78 is 0. The van der Waals surface area contributed by atoms with Crippen molar-refractivity contribution in [3.8, 4) is 0 Å². The Bertz CT molecular complexity index is 275. The highest BCUT2D eigenvalue weighted by molar-refractivity contribution is 5.22. The number of rotatable bonds is 3. The van der Waals surface area contributed by atoms with Gasteiger partial charge in [-0.2, -0.15) is 0 Å². The molecule has 0 spiro atoms. The van der Waals surface area contributed by atoms with Gasteiger partial charge in [-0.1, -0.05) is 30.3 Å². The molecule has 78 valence electrons. The predicted octanol–water partition coefficient (Wildman–Crippen LogP) is 3.26. The molecule has 0 saturated carbocycles. The molecule has 1 nitrogen and oxygen atoms in total. The lowest BCUT2D eigenvalue weighted by atomic mass is 9.92. The maximum atomic E-state index is 2.39. The average molecular weight is 191 g/mol. The van der Waals surface area contributed by atoms with Crippen LogP contribution in [0.5, 0.6) is 0 Å². The topological polar surface area (TPSA) is 3.24 Å². The van der Waals surface area contributed by atoms with E-state index >= 15 is 0 Å². The molecule has 0 atom stereocenters. The van der Waals surface area contributed by atoms with E-state index in [1.54, 1.807) is 0 Å². The first kappa shape index (κ1) is 11.3. The summed E-state index contributed by atoms with van der Waals surface area (Å²) in [6, 6.07) is 11.2. The van der Waals surface area contributed by atoms with Crippen LogP contribution >= 0.6 is 0 Å². The molecule has 0 heterocycles. The van der Waals surface area contributed by atoms with Crippen LogP contribution < -0.4 is 0 Å². The first-order chi connectivity index (χ1) is 6.46. The molecule has 0 aliphatic heterocycles. The van der Waals surface area contributed by atoms with Crippen LogP contribution in [0.25, 0.3) is 0 Å². The summed E-state index contributed by atoms with van der Waals surface area (Å²) in [5.74, 6) is 0. The van der Waals surface area contributed by atoms with E-state index in [1.165, 1.54) is 5.56 Å². The predicted molar refractivity (Wildman–Crippen MR) is 62.4 cm³/mol. The standard InChI is InChI=1S/C13H21N/c1-11(2)14(5)13(3,4)12-9-7-6-8-10-12/h6-11H,1-5H3. The lowest BCUT2D eigenvalue weighted by Gasteiger charge is -2.39. The highest BCUT2D eigenvalue weighted by Crippen LogP contribution is 2.27. The SMILES string of the molecule is CC(C)N(C)C(C)(C)c1ccccc1. The van der Waals surface area contributed by atoms with Crippen LogP contribution in [-0.4, -0.2) is 18.0 Å². The Morgan fingerprint density at radius 2 is 1.57 bits per heavy atom. The van der Waals surface area contributed by atoms with Gasteiger partial charge in [0, 0.05) is 11.6 Å². The Hall–Kier alpha value is -0.820. The summed E-state index contributed by atoms with van der Waals surface area (Å²) in [6.45, 7) is 8.99. The van der Waals surface area contributed by atoms with E-state index in [9.17, 15) is 0 Å². The molecule has 1 aromatic carbocycles. The fraction of sp³-hybridized carbons (Fsp3) is 0.538. The van der Waals surface area contributed by atoms with E-state index in [2.05, 4.69) is 70.0 Å².